The van der Waals surface area contributed by atoms with Gasteiger partial charge >= 0.3 is 5.97 Å². The van der Waals surface area contributed by atoms with Gasteiger partial charge in [0.25, 0.3) is 0 Å². The van der Waals surface area contributed by atoms with E-state index in [1.54, 1.807) is 0 Å². The first-order chi connectivity index (χ1) is 15.0. The highest BCUT2D eigenvalue weighted by molar-refractivity contribution is 5.69. The number of carbonyl (C=O) groups is 1. The number of esters is 1. The molecule has 5 atom stereocenters. The number of methoxy groups -OCH3 is 1. The van der Waals surface area contributed by atoms with Crippen LogP contribution in [0.4, 0.5) is 0 Å². The van der Waals surface area contributed by atoms with Crippen LogP contribution in [-0.2, 0) is 32.2 Å². The van der Waals surface area contributed by atoms with E-state index in [0.29, 0.717) is 0 Å². The van der Waals surface area contributed by atoms with Crippen molar-refractivity contribution in [3.63, 3.8) is 0 Å². The second-order valence-electron chi connectivity index (χ2n) is 7.62. The Hall–Kier alpha value is -2.81. The Morgan fingerprint density at radius 2 is 1.52 bits per heavy atom. The van der Waals surface area contributed by atoms with Crippen LogP contribution in [0.2, 0.25) is 0 Å². The summed E-state index contributed by atoms with van der Waals surface area (Å²) in [6.45, 7) is 0.382. The van der Waals surface area contributed by atoms with Crippen LogP contribution in [0, 0.1) is 16.0 Å². The molecule has 0 radical (unpaired) electrons. The molecule has 1 aliphatic carbocycles. The van der Waals surface area contributed by atoms with Gasteiger partial charge in [-0.2, -0.15) is 0 Å². The van der Waals surface area contributed by atoms with E-state index in [0.717, 1.165) is 11.1 Å². The van der Waals surface area contributed by atoms with E-state index in [4.69, 9.17) is 14.2 Å². The lowest BCUT2D eigenvalue weighted by Gasteiger charge is -2.41. The van der Waals surface area contributed by atoms with Crippen LogP contribution in [0.3, 0.4) is 0 Å². The Bertz CT molecular complexity index is 846. The normalized spacial score (nSPS) is 25.7. The van der Waals surface area contributed by atoms with Gasteiger partial charge in [0.2, 0.25) is 6.04 Å². The molecule has 8 heteroatoms. The quantitative estimate of drug-likeness (QED) is 0.371. The zero-order valence-corrected chi connectivity index (χ0v) is 17.3. The standard InChI is InChI=1S/C23H27NO7/c1-29-21(26)12-18-19(24(27)28)13-20(25)23(31-15-17-10-6-3-7-11-17)22(18)30-14-16-8-4-2-5-9-16/h2-11,18-20,22-23,25H,12-15H2,1H3/t18-,19-,20-,22+,23-/m1/s1. The number of nitro groups is 1. The number of hydrogen-bond acceptors (Lipinski definition) is 7. The van der Waals surface area contributed by atoms with Gasteiger partial charge in [0, 0.05) is 11.3 Å². The Morgan fingerprint density at radius 1 is 1.00 bits per heavy atom. The lowest BCUT2D eigenvalue weighted by Crippen LogP contribution is -2.57. The second kappa shape index (κ2) is 11.0. The van der Waals surface area contributed by atoms with Crippen molar-refractivity contribution in [3.8, 4) is 0 Å². The summed E-state index contributed by atoms with van der Waals surface area (Å²) in [6, 6.07) is 17.6. The highest BCUT2D eigenvalue weighted by atomic mass is 16.6. The average Bonchev–Trinajstić information content (AvgIpc) is 2.79. The molecule has 0 heterocycles. The number of ether oxygens (including phenoxy) is 3. The maximum absolute atomic E-state index is 12.0. The van der Waals surface area contributed by atoms with Crippen molar-refractivity contribution in [1.29, 1.82) is 0 Å². The molecule has 1 aliphatic rings. The largest absolute Gasteiger partial charge is 0.469 e. The molecule has 31 heavy (non-hydrogen) atoms. The third-order valence-corrected chi connectivity index (χ3v) is 5.57. The Morgan fingerprint density at radius 3 is 2.00 bits per heavy atom. The molecule has 0 spiro atoms. The minimum absolute atomic E-state index is 0.126. The van der Waals surface area contributed by atoms with Gasteiger partial charge in [-0.1, -0.05) is 60.7 Å². The molecule has 0 amide bonds. The third-order valence-electron chi connectivity index (χ3n) is 5.57. The molecule has 166 valence electrons. The molecule has 0 bridgehead atoms. The summed E-state index contributed by atoms with van der Waals surface area (Å²) >= 11 is 0. The molecule has 1 fully saturated rings. The molecule has 8 nitrogen and oxygen atoms in total. The fraction of sp³-hybridized carbons (Fsp3) is 0.435. The molecule has 1 saturated carbocycles. The van der Waals surface area contributed by atoms with Crippen LogP contribution in [-0.4, -0.2) is 47.5 Å². The van der Waals surface area contributed by atoms with E-state index in [9.17, 15) is 20.0 Å². The fourth-order valence-corrected chi connectivity index (χ4v) is 3.97. The maximum Gasteiger partial charge on any atom is 0.306 e. The Labute approximate surface area is 180 Å². The van der Waals surface area contributed by atoms with Gasteiger partial charge < -0.3 is 19.3 Å². The maximum atomic E-state index is 12.0. The molecule has 0 saturated heterocycles. The highest BCUT2D eigenvalue weighted by Gasteiger charge is 2.52. The molecule has 0 aromatic heterocycles. The van der Waals surface area contributed by atoms with Gasteiger partial charge in [0.15, 0.2) is 0 Å². The minimum Gasteiger partial charge on any atom is -0.469 e. The van der Waals surface area contributed by atoms with E-state index in [1.807, 2.05) is 60.7 Å². The minimum atomic E-state index is -1.15. The van der Waals surface area contributed by atoms with Crippen LogP contribution in [0.15, 0.2) is 60.7 Å². The predicted octanol–water partition coefficient (Wildman–Crippen LogP) is 2.75. The smallest absolute Gasteiger partial charge is 0.306 e. The lowest BCUT2D eigenvalue weighted by molar-refractivity contribution is -0.543. The van der Waals surface area contributed by atoms with Crippen LogP contribution in [0.25, 0.3) is 0 Å². The third kappa shape index (κ3) is 6.10. The Kier molecular flexibility index (Phi) is 8.11. The summed E-state index contributed by atoms with van der Waals surface area (Å²) in [4.78, 5) is 23.3. The highest BCUT2D eigenvalue weighted by Crippen LogP contribution is 2.35. The first kappa shape index (κ1) is 22.9. The number of aliphatic hydroxyl groups is 1. The summed E-state index contributed by atoms with van der Waals surface area (Å²) in [5.41, 5.74) is 1.77. The SMILES string of the molecule is COC(=O)C[C@H]1[C@H](OCc2ccccc2)[C@H](OCc2ccccc2)[C@H](O)C[C@H]1[N+](=O)[O-]. The predicted molar refractivity (Wildman–Crippen MR) is 112 cm³/mol. The van der Waals surface area contributed by atoms with Crippen molar-refractivity contribution in [2.75, 3.05) is 7.11 Å². The van der Waals surface area contributed by atoms with Crippen molar-refractivity contribution in [3.05, 3.63) is 81.9 Å². The zero-order valence-electron chi connectivity index (χ0n) is 17.3. The van der Waals surface area contributed by atoms with Gasteiger partial charge in [-0.15, -0.1) is 0 Å². The second-order valence-corrected chi connectivity index (χ2v) is 7.62. The summed E-state index contributed by atoms with van der Waals surface area (Å²) in [5.74, 6) is -1.36. The monoisotopic (exact) mass is 429 g/mol. The number of carbonyl (C=O) groups excluding carboxylic acids is 1. The van der Waals surface area contributed by atoms with Crippen LogP contribution >= 0.6 is 0 Å². The average molecular weight is 429 g/mol. The number of aliphatic hydroxyl groups excluding tert-OH is 1. The van der Waals surface area contributed by atoms with Crippen LogP contribution in [0.1, 0.15) is 24.0 Å². The number of benzene rings is 2. The molecule has 0 unspecified atom stereocenters. The van der Waals surface area contributed by atoms with Gasteiger partial charge in [-0.3, -0.25) is 14.9 Å². The lowest BCUT2D eigenvalue weighted by atomic mass is 9.77. The molecule has 1 N–H and O–H groups in total. The van der Waals surface area contributed by atoms with Gasteiger partial charge in [-0.25, -0.2) is 0 Å². The van der Waals surface area contributed by atoms with E-state index in [2.05, 4.69) is 0 Å². The van der Waals surface area contributed by atoms with Crippen molar-refractivity contribution >= 4 is 5.97 Å². The van der Waals surface area contributed by atoms with Crippen LogP contribution in [0.5, 0.6) is 0 Å². The molecule has 2 aromatic carbocycles. The fourth-order valence-electron chi connectivity index (χ4n) is 3.97. The number of hydrogen-bond donors (Lipinski definition) is 1. The van der Waals surface area contributed by atoms with Gasteiger partial charge in [0.1, 0.15) is 6.10 Å². The molecule has 0 aliphatic heterocycles. The summed E-state index contributed by atoms with van der Waals surface area (Å²) in [6.07, 6.45) is -3.11. The molecule has 2 aromatic rings. The van der Waals surface area contributed by atoms with E-state index in [-0.39, 0.29) is 26.1 Å². The summed E-state index contributed by atoms with van der Waals surface area (Å²) < 4.78 is 16.9. The van der Waals surface area contributed by atoms with Crippen molar-refractivity contribution in [1.82, 2.24) is 0 Å². The molecular weight excluding hydrogens is 402 g/mol. The number of rotatable bonds is 9. The summed E-state index contributed by atoms with van der Waals surface area (Å²) in [7, 11) is 1.24. The van der Waals surface area contributed by atoms with E-state index >= 15 is 0 Å². The van der Waals surface area contributed by atoms with Gasteiger partial charge in [-0.05, 0) is 11.1 Å². The van der Waals surface area contributed by atoms with Crippen LogP contribution < -0.4 is 0 Å². The molecule has 3 rings (SSSR count). The van der Waals surface area contributed by atoms with E-state index < -0.39 is 41.2 Å². The van der Waals surface area contributed by atoms with Crippen molar-refractivity contribution in [2.24, 2.45) is 5.92 Å². The van der Waals surface area contributed by atoms with Crippen molar-refractivity contribution in [2.45, 2.75) is 50.4 Å². The first-order valence-corrected chi connectivity index (χ1v) is 10.2. The first-order valence-electron chi connectivity index (χ1n) is 10.2. The zero-order chi connectivity index (χ0) is 22.2. The molecular formula is C23H27NO7. The van der Waals surface area contributed by atoms with Crippen molar-refractivity contribution < 1.29 is 29.0 Å². The number of nitrogens with zero attached hydrogens (tertiary/aromatic N) is 1. The van der Waals surface area contributed by atoms with Gasteiger partial charge in [0.05, 0.1) is 44.9 Å². The summed E-state index contributed by atoms with van der Waals surface area (Å²) in [5, 5.41) is 22.4. The topological polar surface area (TPSA) is 108 Å². The Balaban J connectivity index is 1.84. The van der Waals surface area contributed by atoms with E-state index in [1.165, 1.54) is 7.11 Å².